The lowest BCUT2D eigenvalue weighted by molar-refractivity contribution is -0.121. The van der Waals surface area contributed by atoms with Crippen molar-refractivity contribution in [2.45, 2.75) is 26.8 Å². The van der Waals surface area contributed by atoms with Crippen LogP contribution in [0.5, 0.6) is 5.75 Å². The van der Waals surface area contributed by atoms with Crippen LogP contribution < -0.4 is 20.3 Å². The number of para-hydroxylation sites is 2. The van der Waals surface area contributed by atoms with Crippen LogP contribution in [0, 0.1) is 13.8 Å². The summed E-state index contributed by atoms with van der Waals surface area (Å²) in [7, 11) is 1.75. The Labute approximate surface area is 163 Å². The van der Waals surface area contributed by atoms with Crippen molar-refractivity contribution < 1.29 is 9.53 Å². The summed E-state index contributed by atoms with van der Waals surface area (Å²) in [5.41, 5.74) is 1.90. The van der Waals surface area contributed by atoms with Crippen molar-refractivity contribution in [3.8, 4) is 5.75 Å². The van der Waals surface area contributed by atoms with Gasteiger partial charge in [0.05, 0.1) is 22.9 Å². The first-order chi connectivity index (χ1) is 13.1. The van der Waals surface area contributed by atoms with Gasteiger partial charge >= 0.3 is 0 Å². The largest absolute Gasteiger partial charge is 0.482 e. The number of nitrogens with zero attached hydrogens (tertiary/aromatic N) is 3. The molecule has 27 heavy (non-hydrogen) atoms. The molecule has 0 radical (unpaired) electrons. The van der Waals surface area contributed by atoms with Gasteiger partial charge in [0.2, 0.25) is 0 Å². The number of hydrogen-bond donors (Lipinski definition) is 2. The Morgan fingerprint density at radius 1 is 1.33 bits per heavy atom. The molecule has 0 saturated heterocycles. The predicted octanol–water partition coefficient (Wildman–Crippen LogP) is 2.24. The van der Waals surface area contributed by atoms with E-state index in [1.165, 1.54) is 4.88 Å². The summed E-state index contributed by atoms with van der Waals surface area (Å²) in [5.74, 6) is 1.50. The second-order valence-electron chi connectivity index (χ2n) is 6.25. The summed E-state index contributed by atoms with van der Waals surface area (Å²) in [4.78, 5) is 23.9. The summed E-state index contributed by atoms with van der Waals surface area (Å²) < 4.78 is 5.47. The quantitative estimate of drug-likeness (QED) is 0.452. The fourth-order valence-electron chi connectivity index (χ4n) is 2.97. The standard InChI is InChI=1S/C19H25N5O2S/c1-13-17(27-14(2)23-13)11-22-19(20-3)21-9-6-10-24-15-7-4-5-8-16(15)26-12-18(24)25/h4-5,7-8H,6,9-12H2,1-3H3,(H2,20,21,22). The van der Waals surface area contributed by atoms with Crippen LogP contribution >= 0.6 is 11.3 Å². The number of guanidine groups is 1. The number of aromatic nitrogens is 1. The van der Waals surface area contributed by atoms with Crippen molar-refractivity contribution in [3.05, 3.63) is 39.8 Å². The highest BCUT2D eigenvalue weighted by molar-refractivity contribution is 7.11. The van der Waals surface area contributed by atoms with Crippen molar-refractivity contribution in [1.29, 1.82) is 0 Å². The van der Waals surface area contributed by atoms with E-state index in [1.807, 2.05) is 38.1 Å². The molecule has 0 fully saturated rings. The second kappa shape index (κ2) is 8.85. The summed E-state index contributed by atoms with van der Waals surface area (Å²) >= 11 is 1.70. The van der Waals surface area contributed by atoms with Gasteiger partial charge in [-0.05, 0) is 32.4 Å². The number of ether oxygens (including phenoxy) is 1. The van der Waals surface area contributed by atoms with E-state index in [0.29, 0.717) is 19.6 Å². The van der Waals surface area contributed by atoms with E-state index >= 15 is 0 Å². The third kappa shape index (κ3) is 4.77. The third-order valence-corrected chi connectivity index (χ3v) is 5.37. The molecule has 0 aliphatic carbocycles. The fraction of sp³-hybridized carbons (Fsp3) is 0.421. The molecule has 0 bridgehead atoms. The number of hydrogen-bond acceptors (Lipinski definition) is 5. The molecule has 2 N–H and O–H groups in total. The zero-order chi connectivity index (χ0) is 19.2. The molecule has 1 aliphatic rings. The monoisotopic (exact) mass is 387 g/mol. The molecule has 8 heteroatoms. The van der Waals surface area contributed by atoms with Crippen molar-refractivity contribution in [3.63, 3.8) is 0 Å². The van der Waals surface area contributed by atoms with Crippen LogP contribution in [0.15, 0.2) is 29.3 Å². The average Bonchev–Trinajstić information content (AvgIpc) is 2.99. The van der Waals surface area contributed by atoms with Gasteiger partial charge in [-0.3, -0.25) is 9.79 Å². The van der Waals surface area contributed by atoms with Crippen LogP contribution in [0.4, 0.5) is 5.69 Å². The molecule has 2 heterocycles. The van der Waals surface area contributed by atoms with Gasteiger partial charge in [0, 0.05) is 25.0 Å². The highest BCUT2D eigenvalue weighted by Gasteiger charge is 2.24. The van der Waals surface area contributed by atoms with E-state index in [2.05, 4.69) is 20.6 Å². The zero-order valence-corrected chi connectivity index (χ0v) is 16.7. The highest BCUT2D eigenvalue weighted by atomic mass is 32.1. The minimum absolute atomic E-state index is 0.00718. The SMILES string of the molecule is CN=C(NCCCN1C(=O)COc2ccccc21)NCc1sc(C)nc1C. The van der Waals surface area contributed by atoms with E-state index in [1.54, 1.807) is 23.3 Å². The number of carbonyl (C=O) groups is 1. The predicted molar refractivity (Wildman–Crippen MR) is 109 cm³/mol. The van der Waals surface area contributed by atoms with E-state index in [0.717, 1.165) is 34.5 Å². The van der Waals surface area contributed by atoms with Gasteiger partial charge in [0.25, 0.3) is 5.91 Å². The number of carbonyl (C=O) groups excluding carboxylic acids is 1. The van der Waals surface area contributed by atoms with Crippen molar-refractivity contribution in [2.75, 3.05) is 31.6 Å². The Hall–Kier alpha value is -2.61. The van der Waals surface area contributed by atoms with Crippen molar-refractivity contribution in [2.24, 2.45) is 4.99 Å². The third-order valence-electron chi connectivity index (χ3n) is 4.30. The van der Waals surface area contributed by atoms with E-state index in [-0.39, 0.29) is 12.5 Å². The van der Waals surface area contributed by atoms with Crippen LogP contribution in [0.1, 0.15) is 22.0 Å². The maximum Gasteiger partial charge on any atom is 0.265 e. The number of amides is 1. The van der Waals surface area contributed by atoms with Crippen molar-refractivity contribution >= 4 is 28.9 Å². The minimum atomic E-state index is -0.00718. The molecular weight excluding hydrogens is 362 g/mol. The van der Waals surface area contributed by atoms with E-state index < -0.39 is 0 Å². The molecule has 3 rings (SSSR count). The minimum Gasteiger partial charge on any atom is -0.482 e. The fourth-order valence-corrected chi connectivity index (χ4v) is 3.84. The number of aryl methyl sites for hydroxylation is 2. The van der Waals surface area contributed by atoms with Crippen LogP contribution in [0.2, 0.25) is 0 Å². The lowest BCUT2D eigenvalue weighted by atomic mass is 10.2. The molecule has 0 unspecified atom stereocenters. The normalized spacial score (nSPS) is 14.0. The molecule has 7 nitrogen and oxygen atoms in total. The van der Waals surface area contributed by atoms with Crippen LogP contribution in [0.3, 0.4) is 0 Å². The Kier molecular flexibility index (Phi) is 6.28. The summed E-state index contributed by atoms with van der Waals surface area (Å²) in [6, 6.07) is 7.64. The topological polar surface area (TPSA) is 78.9 Å². The Morgan fingerprint density at radius 2 is 2.15 bits per heavy atom. The second-order valence-corrected chi connectivity index (χ2v) is 7.54. The molecule has 144 valence electrons. The zero-order valence-electron chi connectivity index (χ0n) is 15.9. The smallest absolute Gasteiger partial charge is 0.265 e. The first-order valence-electron chi connectivity index (χ1n) is 8.98. The van der Waals surface area contributed by atoms with Gasteiger partial charge in [-0.25, -0.2) is 4.98 Å². The summed E-state index contributed by atoms with van der Waals surface area (Å²) in [6.45, 7) is 6.18. The molecule has 0 atom stereocenters. The van der Waals surface area contributed by atoms with Gasteiger partial charge in [-0.2, -0.15) is 0 Å². The Balaban J connectivity index is 1.46. The Bertz CT molecular complexity index is 833. The first-order valence-corrected chi connectivity index (χ1v) is 9.79. The van der Waals surface area contributed by atoms with Gasteiger partial charge in [0.1, 0.15) is 5.75 Å². The molecule has 0 spiro atoms. The molecule has 1 aliphatic heterocycles. The lowest BCUT2D eigenvalue weighted by Gasteiger charge is -2.29. The lowest BCUT2D eigenvalue weighted by Crippen LogP contribution is -2.41. The number of aliphatic imine (C=N–C) groups is 1. The maximum atomic E-state index is 12.2. The van der Waals surface area contributed by atoms with E-state index in [9.17, 15) is 4.79 Å². The Morgan fingerprint density at radius 3 is 2.89 bits per heavy atom. The average molecular weight is 388 g/mol. The van der Waals surface area contributed by atoms with Crippen LogP contribution in [-0.2, 0) is 11.3 Å². The highest BCUT2D eigenvalue weighted by Crippen LogP contribution is 2.31. The number of benzene rings is 1. The number of nitrogens with one attached hydrogen (secondary N) is 2. The van der Waals surface area contributed by atoms with Gasteiger partial charge in [-0.1, -0.05) is 12.1 Å². The van der Waals surface area contributed by atoms with Gasteiger partial charge in [0.15, 0.2) is 12.6 Å². The molecule has 0 saturated carbocycles. The van der Waals surface area contributed by atoms with Crippen LogP contribution in [0.25, 0.3) is 0 Å². The molecule has 2 aromatic rings. The molecule has 1 aromatic heterocycles. The number of rotatable bonds is 6. The van der Waals surface area contributed by atoms with Gasteiger partial charge < -0.3 is 20.3 Å². The number of fused-ring (bicyclic) bond motifs is 1. The summed E-state index contributed by atoms with van der Waals surface area (Å²) in [5, 5.41) is 7.68. The number of thiazole rings is 1. The molecule has 1 aromatic carbocycles. The number of anilines is 1. The maximum absolute atomic E-state index is 12.2. The van der Waals surface area contributed by atoms with Crippen LogP contribution in [-0.4, -0.2) is 43.6 Å². The van der Waals surface area contributed by atoms with Crippen molar-refractivity contribution in [1.82, 2.24) is 15.6 Å². The van der Waals surface area contributed by atoms with E-state index in [4.69, 9.17) is 4.74 Å². The van der Waals surface area contributed by atoms with Gasteiger partial charge in [-0.15, -0.1) is 11.3 Å². The summed E-state index contributed by atoms with van der Waals surface area (Å²) in [6.07, 6.45) is 0.805. The first kappa shape index (κ1) is 19.2. The molecular formula is C19H25N5O2S. The molecule has 1 amide bonds.